The Morgan fingerprint density at radius 2 is 2.31 bits per heavy atom. The molecule has 3 rings (SSSR count). The normalized spacial score (nSPS) is 21.5. The Kier molecular flexibility index (Phi) is 5.73. The van der Waals surface area contributed by atoms with Crippen molar-refractivity contribution < 1.29 is 14.3 Å². The van der Waals surface area contributed by atoms with Gasteiger partial charge in [-0.25, -0.2) is 4.79 Å². The molecular weight excluding hydrogens is 354 g/mol. The molecule has 0 saturated carbocycles. The lowest BCUT2D eigenvalue weighted by Gasteiger charge is -2.33. The van der Waals surface area contributed by atoms with Crippen LogP contribution < -0.4 is 5.32 Å². The molecule has 2 aliphatic rings. The van der Waals surface area contributed by atoms with Crippen LogP contribution in [0.3, 0.4) is 0 Å². The lowest BCUT2D eigenvalue weighted by Crippen LogP contribution is -2.45. The number of benzene rings is 1. The first-order valence-corrected chi connectivity index (χ1v) is 9.50. The van der Waals surface area contributed by atoms with Crippen molar-refractivity contribution in [3.8, 4) is 0 Å². The molecule has 0 aliphatic carbocycles. The number of amides is 1. The summed E-state index contributed by atoms with van der Waals surface area (Å²) in [4.78, 5) is 18.8. The zero-order valence-corrected chi connectivity index (χ0v) is 16.3. The van der Waals surface area contributed by atoms with Gasteiger partial charge in [-0.15, -0.1) is 0 Å². The third-order valence-corrected chi connectivity index (χ3v) is 5.04. The summed E-state index contributed by atoms with van der Waals surface area (Å²) in [6, 6.07) is 5.54. The number of hydrogen-bond acceptors (Lipinski definition) is 5. The van der Waals surface area contributed by atoms with E-state index in [0.717, 1.165) is 42.9 Å². The Morgan fingerprint density at radius 3 is 3.00 bits per heavy atom. The van der Waals surface area contributed by atoms with Crippen molar-refractivity contribution in [3.05, 3.63) is 34.3 Å². The first-order valence-electron chi connectivity index (χ1n) is 9.12. The Balaban J connectivity index is 1.87. The molecule has 1 amide bonds. The maximum absolute atomic E-state index is 12.7. The number of nitrogens with one attached hydrogen (secondary N) is 1. The number of rotatable bonds is 5. The van der Waals surface area contributed by atoms with Crippen molar-refractivity contribution in [1.82, 2.24) is 10.2 Å². The molecule has 26 heavy (non-hydrogen) atoms. The van der Waals surface area contributed by atoms with Gasteiger partial charge in [-0.1, -0.05) is 31.0 Å². The Labute approximate surface area is 159 Å². The minimum atomic E-state index is -0.725. The number of unbranched alkanes of at least 4 members (excludes halogenated alkanes) is 1. The summed E-state index contributed by atoms with van der Waals surface area (Å²) in [7, 11) is 0. The molecule has 0 aromatic heterocycles. The molecule has 0 bridgehead atoms. The zero-order valence-electron chi connectivity index (χ0n) is 15.5. The van der Waals surface area contributed by atoms with Crippen LogP contribution in [0, 0.1) is 0 Å². The third kappa shape index (κ3) is 3.81. The van der Waals surface area contributed by atoms with Crippen LogP contribution in [0.5, 0.6) is 0 Å². The number of aliphatic imine (C=N–C) groups is 1. The van der Waals surface area contributed by atoms with Crippen molar-refractivity contribution in [2.45, 2.75) is 45.4 Å². The second kappa shape index (κ2) is 7.84. The number of carbonyl (C=O) groups is 1. The molecule has 0 radical (unpaired) electrons. The number of amidine groups is 1. The van der Waals surface area contributed by atoms with Crippen LogP contribution in [0.1, 0.15) is 50.8 Å². The molecule has 7 heteroatoms. The fraction of sp³-hybridized carbons (Fsp3) is 0.579. The van der Waals surface area contributed by atoms with Gasteiger partial charge in [-0.3, -0.25) is 9.89 Å². The van der Waals surface area contributed by atoms with E-state index in [-0.39, 0.29) is 12.1 Å². The van der Waals surface area contributed by atoms with E-state index >= 15 is 0 Å². The summed E-state index contributed by atoms with van der Waals surface area (Å²) >= 11 is 6.37. The summed E-state index contributed by atoms with van der Waals surface area (Å²) in [5.41, 5.74) is 1.08. The molecule has 1 aromatic carbocycles. The van der Waals surface area contributed by atoms with Gasteiger partial charge in [0.05, 0.1) is 30.8 Å². The average molecular weight is 380 g/mol. The second-order valence-corrected chi connectivity index (χ2v) is 7.42. The predicted molar refractivity (Wildman–Crippen MR) is 102 cm³/mol. The van der Waals surface area contributed by atoms with Crippen LogP contribution >= 0.6 is 11.6 Å². The van der Waals surface area contributed by atoms with E-state index < -0.39 is 5.72 Å². The van der Waals surface area contributed by atoms with Crippen LogP contribution in [-0.2, 0) is 9.47 Å². The summed E-state index contributed by atoms with van der Waals surface area (Å²) in [5.74, 6) is 0.798. The molecule has 1 saturated heterocycles. The van der Waals surface area contributed by atoms with Crippen molar-refractivity contribution in [1.29, 1.82) is 0 Å². The number of halogens is 1. The quantitative estimate of drug-likeness (QED) is 0.791. The molecule has 0 unspecified atom stereocenters. The van der Waals surface area contributed by atoms with Gasteiger partial charge in [0, 0.05) is 12.1 Å². The molecule has 2 heterocycles. The zero-order chi connectivity index (χ0) is 18.7. The number of ether oxygens (including phenoxy) is 2. The van der Waals surface area contributed by atoms with Gasteiger partial charge in [0.15, 0.2) is 0 Å². The Morgan fingerprint density at radius 1 is 1.50 bits per heavy atom. The number of carbonyl (C=O) groups excluding carboxylic acids is 1. The molecular formula is C19H26ClN3O3. The topological polar surface area (TPSA) is 63.2 Å². The fourth-order valence-corrected chi connectivity index (χ4v) is 3.48. The average Bonchev–Trinajstić information content (AvgIpc) is 3.23. The van der Waals surface area contributed by atoms with Gasteiger partial charge in [-0.05, 0) is 38.0 Å². The van der Waals surface area contributed by atoms with Gasteiger partial charge < -0.3 is 14.8 Å². The van der Waals surface area contributed by atoms with E-state index in [0.29, 0.717) is 18.2 Å². The molecule has 0 spiro atoms. The van der Waals surface area contributed by atoms with Crippen molar-refractivity contribution in [2.24, 2.45) is 4.99 Å². The monoisotopic (exact) mass is 379 g/mol. The largest absolute Gasteiger partial charge is 0.449 e. The lowest BCUT2D eigenvalue weighted by atomic mass is 10.0. The van der Waals surface area contributed by atoms with E-state index in [1.54, 1.807) is 4.90 Å². The van der Waals surface area contributed by atoms with Crippen LogP contribution in [-0.4, -0.2) is 48.9 Å². The highest BCUT2D eigenvalue weighted by Crippen LogP contribution is 2.38. The smallest absolute Gasteiger partial charge is 0.412 e. The van der Waals surface area contributed by atoms with E-state index in [1.165, 1.54) is 0 Å². The van der Waals surface area contributed by atoms with E-state index in [2.05, 4.69) is 17.2 Å². The van der Waals surface area contributed by atoms with Crippen molar-refractivity contribution in [2.75, 3.05) is 26.3 Å². The van der Waals surface area contributed by atoms with Gasteiger partial charge in [0.1, 0.15) is 11.6 Å². The van der Waals surface area contributed by atoms with Crippen LogP contribution in [0.2, 0.25) is 5.02 Å². The minimum Gasteiger partial charge on any atom is -0.449 e. The molecule has 1 aromatic rings. The van der Waals surface area contributed by atoms with E-state index in [9.17, 15) is 4.79 Å². The van der Waals surface area contributed by atoms with Gasteiger partial charge >= 0.3 is 6.09 Å². The Hall–Kier alpha value is -1.79. The van der Waals surface area contributed by atoms with Crippen molar-refractivity contribution in [3.63, 3.8) is 0 Å². The summed E-state index contributed by atoms with van der Waals surface area (Å²) < 4.78 is 11.3. The highest BCUT2D eigenvalue weighted by atomic mass is 35.5. The number of hydrogen-bond donors (Lipinski definition) is 1. The third-order valence-electron chi connectivity index (χ3n) is 4.71. The fourth-order valence-electron chi connectivity index (χ4n) is 3.28. The predicted octanol–water partition coefficient (Wildman–Crippen LogP) is 3.74. The van der Waals surface area contributed by atoms with Gasteiger partial charge in [0.2, 0.25) is 0 Å². The standard InChI is InChI=1S/C19H26ClN3O3/c1-4-5-10-25-18(24)23-16(12-26-19(23,2)3)13-6-7-15(20)14(11-13)17-21-8-9-22-17/h6-7,11,16H,4-5,8-10,12H2,1-3H3,(H,21,22)/t16-/m1/s1. The maximum atomic E-state index is 12.7. The van der Waals surface area contributed by atoms with Gasteiger partial charge in [-0.2, -0.15) is 0 Å². The van der Waals surface area contributed by atoms with Crippen LogP contribution in [0.4, 0.5) is 4.79 Å². The summed E-state index contributed by atoms with van der Waals surface area (Å²) in [6.45, 7) is 8.21. The first-order chi connectivity index (χ1) is 12.4. The van der Waals surface area contributed by atoms with E-state index in [1.807, 2.05) is 32.0 Å². The molecule has 1 fully saturated rings. The molecule has 2 aliphatic heterocycles. The summed E-state index contributed by atoms with van der Waals surface area (Å²) in [5, 5.41) is 3.88. The maximum Gasteiger partial charge on any atom is 0.412 e. The number of nitrogens with zero attached hydrogens (tertiary/aromatic N) is 2. The highest BCUT2D eigenvalue weighted by Gasteiger charge is 2.45. The highest BCUT2D eigenvalue weighted by molar-refractivity contribution is 6.34. The summed E-state index contributed by atoms with van der Waals surface area (Å²) in [6.07, 6.45) is 1.48. The molecule has 6 nitrogen and oxygen atoms in total. The van der Waals surface area contributed by atoms with Crippen molar-refractivity contribution >= 4 is 23.5 Å². The van der Waals surface area contributed by atoms with Crippen LogP contribution in [0.25, 0.3) is 0 Å². The molecule has 142 valence electrons. The minimum absolute atomic E-state index is 0.225. The first kappa shape index (κ1) is 19.0. The molecule has 1 atom stereocenters. The Bertz CT molecular complexity index is 705. The second-order valence-electron chi connectivity index (χ2n) is 7.01. The lowest BCUT2D eigenvalue weighted by molar-refractivity contribution is -0.0482. The van der Waals surface area contributed by atoms with Gasteiger partial charge in [0.25, 0.3) is 0 Å². The molecule has 1 N–H and O–H groups in total. The van der Waals surface area contributed by atoms with Crippen LogP contribution in [0.15, 0.2) is 23.2 Å². The SMILES string of the molecule is CCCCOC(=O)N1[C@@H](c2ccc(Cl)c(C3=NCCN3)c2)COC1(C)C. The van der Waals surface area contributed by atoms with E-state index in [4.69, 9.17) is 21.1 Å².